The van der Waals surface area contributed by atoms with Crippen LogP contribution in [0.2, 0.25) is 0 Å². The van der Waals surface area contributed by atoms with E-state index in [0.717, 1.165) is 48.9 Å². The molecule has 9 rings (SSSR count). The van der Waals surface area contributed by atoms with Crippen LogP contribution in [-0.2, 0) is 15.8 Å². The molecule has 5 aromatic rings. The van der Waals surface area contributed by atoms with Crippen LogP contribution < -0.4 is 14.4 Å². The van der Waals surface area contributed by atoms with Gasteiger partial charge in [-0.1, -0.05) is 104 Å². The first-order valence-corrected chi connectivity index (χ1v) is 18.7. The molecule has 0 N–H and O–H groups in total. The maximum absolute atomic E-state index is 7.70. The van der Waals surface area contributed by atoms with Crippen molar-refractivity contribution in [2.75, 3.05) is 38.3 Å². The zero-order chi connectivity index (χ0) is 33.9. The van der Waals surface area contributed by atoms with Crippen LogP contribution in [0.5, 0.6) is 11.5 Å². The molecular weight excluding hydrogens is 615 g/mol. The van der Waals surface area contributed by atoms with Gasteiger partial charge in [-0.15, -0.1) is 0 Å². The van der Waals surface area contributed by atoms with E-state index >= 15 is 0 Å². The van der Waals surface area contributed by atoms with Crippen molar-refractivity contribution >= 4 is 22.5 Å². The third kappa shape index (κ3) is 4.90. The number of ether oxygens (including phenoxy) is 3. The Kier molecular flexibility index (Phi) is 7.77. The Morgan fingerprint density at radius 2 is 1.36 bits per heavy atom. The summed E-state index contributed by atoms with van der Waals surface area (Å²) in [6.45, 7) is 7.81. The van der Waals surface area contributed by atoms with Gasteiger partial charge in [0.1, 0.15) is 11.5 Å². The SMILES string of the molecule is COc1ccc(C2(c3ccc(N4CCOCC4)cc3)C=Cc3c4c(c5ccc(C)cc5c3O2)-c2ccc(C)cc2C42CCCCCCC2)cc1. The zero-order valence-electron chi connectivity index (χ0n) is 29.7. The molecule has 0 aromatic heterocycles. The number of methoxy groups -OCH3 is 1. The second-order valence-electron chi connectivity index (χ2n) is 15.0. The van der Waals surface area contributed by atoms with Gasteiger partial charge in [-0.05, 0) is 90.7 Å². The molecule has 1 saturated carbocycles. The van der Waals surface area contributed by atoms with Crippen LogP contribution in [0.15, 0.2) is 91.0 Å². The maximum Gasteiger partial charge on any atom is 0.178 e. The van der Waals surface area contributed by atoms with Crippen molar-refractivity contribution in [2.45, 2.75) is 69.8 Å². The molecule has 5 aromatic carbocycles. The zero-order valence-corrected chi connectivity index (χ0v) is 29.7. The second kappa shape index (κ2) is 12.3. The quantitative estimate of drug-likeness (QED) is 0.192. The summed E-state index contributed by atoms with van der Waals surface area (Å²) in [6.07, 6.45) is 13.6. The number of morpholine rings is 1. The molecular formula is C46H47NO3. The van der Waals surface area contributed by atoms with E-state index in [1.165, 1.54) is 100 Å². The molecule has 2 aliphatic carbocycles. The lowest BCUT2D eigenvalue weighted by molar-refractivity contribution is 0.122. The van der Waals surface area contributed by atoms with Gasteiger partial charge < -0.3 is 19.1 Å². The second-order valence-corrected chi connectivity index (χ2v) is 15.0. The topological polar surface area (TPSA) is 30.9 Å². The van der Waals surface area contributed by atoms with Crippen LogP contribution in [0.1, 0.15) is 83.9 Å². The fraction of sp³-hybridized carbons (Fsp3) is 0.348. The molecule has 0 radical (unpaired) electrons. The van der Waals surface area contributed by atoms with E-state index in [2.05, 4.69) is 116 Å². The van der Waals surface area contributed by atoms with E-state index in [4.69, 9.17) is 14.2 Å². The Labute approximate surface area is 296 Å². The Morgan fingerprint density at radius 3 is 2.08 bits per heavy atom. The van der Waals surface area contributed by atoms with Crippen LogP contribution in [0.25, 0.3) is 28.0 Å². The largest absolute Gasteiger partial charge is 0.497 e. The molecule has 4 heteroatoms. The minimum absolute atomic E-state index is 0.0200. The number of nitrogens with zero attached hydrogens (tertiary/aromatic N) is 1. The Balaban J connectivity index is 1.29. The highest BCUT2D eigenvalue weighted by molar-refractivity contribution is 6.08. The number of anilines is 1. The average Bonchev–Trinajstić information content (AvgIpc) is 3.43. The summed E-state index contributed by atoms with van der Waals surface area (Å²) in [7, 11) is 1.72. The standard InChI is InChI=1S/C46H47NO3/c1-31-9-19-37-40(29-31)44-39(43-42(37)38-20-10-32(2)30-41(38)45(43)22-7-5-4-6-8-23-45)21-24-46(50-44,34-13-17-36(48-3)18-14-34)33-11-15-35(16-12-33)47-25-27-49-28-26-47/h9-21,24,29-30H,4-8,22-23,25-28H2,1-3H3. The van der Waals surface area contributed by atoms with E-state index in [1.54, 1.807) is 7.11 Å². The van der Waals surface area contributed by atoms with Gasteiger partial charge in [-0.3, -0.25) is 0 Å². The number of rotatable bonds is 4. The molecule has 2 fully saturated rings. The first-order valence-electron chi connectivity index (χ1n) is 18.7. The number of benzene rings is 5. The molecule has 1 saturated heterocycles. The first-order chi connectivity index (χ1) is 24.5. The number of hydrogen-bond donors (Lipinski definition) is 0. The lowest BCUT2D eigenvalue weighted by Crippen LogP contribution is -2.37. The molecule has 0 amide bonds. The van der Waals surface area contributed by atoms with Crippen molar-refractivity contribution in [1.82, 2.24) is 0 Å². The Hall–Kier alpha value is -4.54. The number of aryl methyl sites for hydroxylation is 2. The highest BCUT2D eigenvalue weighted by atomic mass is 16.5. The Bertz CT molecular complexity index is 2100. The van der Waals surface area contributed by atoms with Gasteiger partial charge in [-0.25, -0.2) is 0 Å². The van der Waals surface area contributed by atoms with Gasteiger partial charge in [-0.2, -0.15) is 0 Å². The smallest absolute Gasteiger partial charge is 0.178 e. The summed E-state index contributed by atoms with van der Waals surface area (Å²) in [5.41, 5.74) is 12.3. The number of hydrogen-bond acceptors (Lipinski definition) is 4. The van der Waals surface area contributed by atoms with E-state index in [1.807, 2.05) is 0 Å². The van der Waals surface area contributed by atoms with Gasteiger partial charge in [0.25, 0.3) is 0 Å². The first kappa shape index (κ1) is 31.4. The van der Waals surface area contributed by atoms with E-state index in [0.29, 0.717) is 0 Å². The molecule has 1 unspecified atom stereocenters. The summed E-state index contributed by atoms with van der Waals surface area (Å²) in [6, 6.07) is 31.7. The van der Waals surface area contributed by atoms with Gasteiger partial charge in [0.2, 0.25) is 0 Å². The molecule has 4 nitrogen and oxygen atoms in total. The van der Waals surface area contributed by atoms with Crippen molar-refractivity contribution in [1.29, 1.82) is 0 Å². The average molecular weight is 662 g/mol. The summed E-state index contributed by atoms with van der Waals surface area (Å²) >= 11 is 0. The third-order valence-electron chi connectivity index (χ3n) is 12.0. The van der Waals surface area contributed by atoms with E-state index in [9.17, 15) is 0 Å². The fourth-order valence-electron chi connectivity index (χ4n) is 9.53. The highest BCUT2D eigenvalue weighted by Gasteiger charge is 2.48. The van der Waals surface area contributed by atoms with Crippen molar-refractivity contribution in [3.8, 4) is 22.6 Å². The van der Waals surface area contributed by atoms with Gasteiger partial charge in [0, 0.05) is 46.3 Å². The van der Waals surface area contributed by atoms with Crippen LogP contribution in [0.3, 0.4) is 0 Å². The number of fused-ring (bicyclic) bond motifs is 10. The molecule has 50 heavy (non-hydrogen) atoms. The van der Waals surface area contributed by atoms with Crippen LogP contribution in [0, 0.1) is 13.8 Å². The molecule has 2 heterocycles. The molecule has 2 aliphatic heterocycles. The van der Waals surface area contributed by atoms with Crippen molar-refractivity contribution < 1.29 is 14.2 Å². The van der Waals surface area contributed by atoms with Crippen LogP contribution >= 0.6 is 0 Å². The predicted molar refractivity (Wildman–Crippen MR) is 205 cm³/mol. The lowest BCUT2D eigenvalue weighted by atomic mass is 9.67. The van der Waals surface area contributed by atoms with Gasteiger partial charge in [0.05, 0.1) is 20.3 Å². The summed E-state index contributed by atoms with van der Waals surface area (Å²) in [4.78, 5) is 2.41. The third-order valence-corrected chi connectivity index (χ3v) is 12.0. The van der Waals surface area contributed by atoms with E-state index < -0.39 is 5.60 Å². The maximum atomic E-state index is 7.70. The lowest BCUT2D eigenvalue weighted by Gasteiger charge is -2.40. The van der Waals surface area contributed by atoms with E-state index in [-0.39, 0.29) is 5.41 Å². The minimum Gasteiger partial charge on any atom is -0.497 e. The molecule has 1 atom stereocenters. The normalized spacial score (nSPS) is 20.8. The van der Waals surface area contributed by atoms with Crippen molar-refractivity contribution in [3.63, 3.8) is 0 Å². The van der Waals surface area contributed by atoms with Crippen LogP contribution in [-0.4, -0.2) is 33.4 Å². The van der Waals surface area contributed by atoms with Gasteiger partial charge >= 0.3 is 0 Å². The minimum atomic E-state index is -0.816. The molecule has 4 aliphatic rings. The molecule has 254 valence electrons. The van der Waals surface area contributed by atoms with Gasteiger partial charge in [0.15, 0.2) is 5.60 Å². The Morgan fingerprint density at radius 1 is 0.700 bits per heavy atom. The summed E-state index contributed by atoms with van der Waals surface area (Å²) < 4.78 is 18.9. The summed E-state index contributed by atoms with van der Waals surface area (Å²) in [5, 5.41) is 2.50. The summed E-state index contributed by atoms with van der Waals surface area (Å²) in [5.74, 6) is 1.84. The van der Waals surface area contributed by atoms with Crippen LogP contribution in [0.4, 0.5) is 5.69 Å². The van der Waals surface area contributed by atoms with Crippen molar-refractivity contribution in [2.24, 2.45) is 0 Å². The van der Waals surface area contributed by atoms with Crippen molar-refractivity contribution in [3.05, 3.63) is 130 Å². The molecule has 0 bridgehead atoms. The highest BCUT2D eigenvalue weighted by Crippen LogP contribution is 2.61. The fourth-order valence-corrected chi connectivity index (χ4v) is 9.53. The predicted octanol–water partition coefficient (Wildman–Crippen LogP) is 10.7. The molecule has 1 spiro atoms. The monoisotopic (exact) mass is 661 g/mol.